The standard InChI is InChI=1S/C34H31N9O/c1-3-28(22-8-5-4-6-9-22)39-31-25(18-36)19-38-33-27(31)14-21(17-35)15-29(33)40-32(30-20-43(42-41-30)26-12-13-26)23-10-7-11-24(16-23)34(44)37-2/h4-11,14-16,19-20,26,28,32,40H,3,12-13H2,1-2H3,(H,37,44)(H,38,39)/t28-,32+/m1/s1. The summed E-state index contributed by atoms with van der Waals surface area (Å²) in [6, 6.07) is 25.2. The van der Waals surface area contributed by atoms with Gasteiger partial charge in [-0.05, 0) is 54.7 Å². The van der Waals surface area contributed by atoms with Crippen LogP contribution in [0.25, 0.3) is 10.9 Å². The van der Waals surface area contributed by atoms with E-state index >= 15 is 0 Å². The summed E-state index contributed by atoms with van der Waals surface area (Å²) in [5.41, 5.74) is 5.67. The zero-order valence-electron chi connectivity index (χ0n) is 24.5. The Morgan fingerprint density at radius 2 is 1.82 bits per heavy atom. The monoisotopic (exact) mass is 581 g/mol. The van der Waals surface area contributed by atoms with E-state index in [4.69, 9.17) is 4.98 Å². The number of anilines is 2. The summed E-state index contributed by atoms with van der Waals surface area (Å²) in [7, 11) is 1.60. The van der Waals surface area contributed by atoms with Crippen molar-refractivity contribution in [2.24, 2.45) is 0 Å². The molecule has 2 atom stereocenters. The Bertz CT molecular complexity index is 1920. The first kappa shape index (κ1) is 28.4. The Labute approximate surface area is 255 Å². The van der Waals surface area contributed by atoms with E-state index in [0.717, 1.165) is 30.4 Å². The van der Waals surface area contributed by atoms with E-state index in [9.17, 15) is 15.3 Å². The molecule has 2 aromatic heterocycles. The summed E-state index contributed by atoms with van der Waals surface area (Å²) in [4.78, 5) is 17.2. The van der Waals surface area contributed by atoms with Gasteiger partial charge in [0.05, 0.1) is 58.4 Å². The lowest BCUT2D eigenvalue weighted by molar-refractivity contribution is 0.0963. The Kier molecular flexibility index (Phi) is 7.90. The summed E-state index contributed by atoms with van der Waals surface area (Å²) in [6.07, 6.45) is 6.39. The van der Waals surface area contributed by atoms with Gasteiger partial charge >= 0.3 is 0 Å². The van der Waals surface area contributed by atoms with Gasteiger partial charge in [0.15, 0.2) is 0 Å². The van der Waals surface area contributed by atoms with Crippen LogP contribution in [-0.4, -0.2) is 32.9 Å². The topological polar surface area (TPSA) is 144 Å². The molecular formula is C34H31N9O. The smallest absolute Gasteiger partial charge is 0.251 e. The lowest BCUT2D eigenvalue weighted by atomic mass is 9.99. The third-order valence-electron chi connectivity index (χ3n) is 7.90. The fourth-order valence-electron chi connectivity index (χ4n) is 5.43. The van der Waals surface area contributed by atoms with Crippen LogP contribution in [0.2, 0.25) is 0 Å². The van der Waals surface area contributed by atoms with Crippen molar-refractivity contribution >= 4 is 28.2 Å². The minimum Gasteiger partial charge on any atom is -0.377 e. The molecule has 2 heterocycles. The van der Waals surface area contributed by atoms with Gasteiger partial charge < -0.3 is 16.0 Å². The fourth-order valence-corrected chi connectivity index (χ4v) is 5.43. The molecule has 0 saturated heterocycles. The van der Waals surface area contributed by atoms with E-state index in [2.05, 4.69) is 57.5 Å². The highest BCUT2D eigenvalue weighted by Crippen LogP contribution is 2.38. The van der Waals surface area contributed by atoms with E-state index in [-0.39, 0.29) is 11.9 Å². The summed E-state index contributed by atoms with van der Waals surface area (Å²) < 4.78 is 1.88. The van der Waals surface area contributed by atoms with Crippen molar-refractivity contribution in [3.63, 3.8) is 0 Å². The highest BCUT2D eigenvalue weighted by Gasteiger charge is 2.28. The number of hydrogen-bond donors (Lipinski definition) is 3. The molecule has 0 bridgehead atoms. The molecule has 10 nitrogen and oxygen atoms in total. The molecule has 0 unspecified atom stereocenters. The maximum Gasteiger partial charge on any atom is 0.251 e. The molecule has 44 heavy (non-hydrogen) atoms. The normalized spacial score (nSPS) is 13.8. The molecule has 10 heteroatoms. The van der Waals surface area contributed by atoms with Crippen LogP contribution in [0.15, 0.2) is 79.1 Å². The lowest BCUT2D eigenvalue weighted by Crippen LogP contribution is -2.19. The zero-order valence-corrected chi connectivity index (χ0v) is 24.5. The number of carbonyl (C=O) groups excluding carboxylic acids is 1. The number of aromatic nitrogens is 4. The predicted octanol–water partition coefficient (Wildman–Crippen LogP) is 6.03. The average Bonchev–Trinajstić information content (AvgIpc) is 3.82. The van der Waals surface area contributed by atoms with Crippen LogP contribution in [0.1, 0.15) is 82.6 Å². The second-order valence-corrected chi connectivity index (χ2v) is 10.8. The number of nitrogens with one attached hydrogen (secondary N) is 3. The number of hydrogen-bond acceptors (Lipinski definition) is 8. The van der Waals surface area contributed by atoms with Crippen molar-refractivity contribution in [3.05, 3.63) is 113 Å². The summed E-state index contributed by atoms with van der Waals surface area (Å²) >= 11 is 0. The van der Waals surface area contributed by atoms with Crippen LogP contribution in [-0.2, 0) is 0 Å². The molecule has 1 aliphatic rings. The highest BCUT2D eigenvalue weighted by atomic mass is 16.1. The zero-order chi connectivity index (χ0) is 30.6. The Hall–Kier alpha value is -5.74. The van der Waals surface area contributed by atoms with Crippen LogP contribution >= 0.6 is 0 Å². The van der Waals surface area contributed by atoms with E-state index in [1.165, 1.54) is 0 Å². The molecule has 1 amide bonds. The molecule has 0 radical (unpaired) electrons. The van der Waals surface area contributed by atoms with Gasteiger partial charge in [-0.15, -0.1) is 5.10 Å². The maximum absolute atomic E-state index is 12.5. The first-order chi connectivity index (χ1) is 21.5. The van der Waals surface area contributed by atoms with Crippen LogP contribution in [0.4, 0.5) is 11.4 Å². The molecule has 5 aromatic rings. The number of nitrogens with zero attached hydrogens (tertiary/aromatic N) is 6. The SMILES string of the molecule is CC[C@@H](Nc1c(C#N)cnc2c(N[C@@H](c3cccc(C(=O)NC)c3)c3cn(C4CC4)nn3)cc(C#N)cc12)c1ccccc1. The molecular weight excluding hydrogens is 550 g/mol. The molecule has 6 rings (SSSR count). The number of rotatable bonds is 10. The molecule has 218 valence electrons. The van der Waals surface area contributed by atoms with Gasteiger partial charge in [-0.1, -0.05) is 54.6 Å². The molecule has 1 fully saturated rings. The number of fused-ring (bicyclic) bond motifs is 1. The molecule has 0 aliphatic heterocycles. The molecule has 1 aliphatic carbocycles. The average molecular weight is 582 g/mol. The quantitative estimate of drug-likeness (QED) is 0.181. The van der Waals surface area contributed by atoms with Crippen molar-refractivity contribution < 1.29 is 4.79 Å². The molecule has 3 aromatic carbocycles. The second-order valence-electron chi connectivity index (χ2n) is 10.8. The Morgan fingerprint density at radius 1 is 1.02 bits per heavy atom. The molecule has 0 spiro atoms. The van der Waals surface area contributed by atoms with Gasteiger partial charge in [0, 0.05) is 24.2 Å². The number of nitriles is 2. The van der Waals surface area contributed by atoms with Gasteiger partial charge in [0.25, 0.3) is 5.91 Å². The van der Waals surface area contributed by atoms with Gasteiger partial charge in [0.1, 0.15) is 11.8 Å². The first-order valence-electron chi connectivity index (χ1n) is 14.6. The van der Waals surface area contributed by atoms with Crippen molar-refractivity contribution in [2.45, 2.75) is 44.3 Å². The van der Waals surface area contributed by atoms with E-state index in [1.807, 2.05) is 47.3 Å². The number of carbonyl (C=O) groups is 1. The first-order valence-corrected chi connectivity index (χ1v) is 14.6. The van der Waals surface area contributed by atoms with E-state index in [0.29, 0.717) is 50.7 Å². The summed E-state index contributed by atoms with van der Waals surface area (Å²) in [6.45, 7) is 2.08. The number of benzene rings is 3. The summed E-state index contributed by atoms with van der Waals surface area (Å²) in [5, 5.41) is 39.5. The predicted molar refractivity (Wildman–Crippen MR) is 168 cm³/mol. The lowest BCUT2D eigenvalue weighted by Gasteiger charge is -2.23. The van der Waals surface area contributed by atoms with E-state index in [1.54, 1.807) is 31.4 Å². The fraction of sp³-hybridized carbons (Fsp3) is 0.235. The third-order valence-corrected chi connectivity index (χ3v) is 7.90. The van der Waals surface area contributed by atoms with Crippen LogP contribution in [0.3, 0.4) is 0 Å². The van der Waals surface area contributed by atoms with Gasteiger partial charge in [-0.25, -0.2) is 4.68 Å². The van der Waals surface area contributed by atoms with Crippen LogP contribution in [0.5, 0.6) is 0 Å². The molecule has 1 saturated carbocycles. The van der Waals surface area contributed by atoms with Crippen molar-refractivity contribution in [1.29, 1.82) is 10.5 Å². The minimum absolute atomic E-state index is 0.0614. The Morgan fingerprint density at radius 3 is 2.52 bits per heavy atom. The number of amides is 1. The second kappa shape index (κ2) is 12.2. The van der Waals surface area contributed by atoms with Crippen molar-refractivity contribution in [1.82, 2.24) is 25.3 Å². The van der Waals surface area contributed by atoms with E-state index < -0.39 is 6.04 Å². The van der Waals surface area contributed by atoms with Gasteiger partial charge in [-0.3, -0.25) is 9.78 Å². The number of pyridine rings is 1. The highest BCUT2D eigenvalue weighted by molar-refractivity contribution is 6.01. The van der Waals surface area contributed by atoms with Crippen molar-refractivity contribution in [2.75, 3.05) is 17.7 Å². The maximum atomic E-state index is 12.5. The largest absolute Gasteiger partial charge is 0.377 e. The summed E-state index contributed by atoms with van der Waals surface area (Å²) in [5.74, 6) is -0.200. The van der Waals surface area contributed by atoms with Gasteiger partial charge in [-0.2, -0.15) is 10.5 Å². The van der Waals surface area contributed by atoms with Crippen LogP contribution < -0.4 is 16.0 Å². The van der Waals surface area contributed by atoms with Crippen molar-refractivity contribution in [3.8, 4) is 12.1 Å². The third kappa shape index (κ3) is 5.66. The minimum atomic E-state index is -0.509. The molecule has 3 N–H and O–H groups in total. The van der Waals surface area contributed by atoms with Gasteiger partial charge in [0.2, 0.25) is 0 Å². The Balaban J connectivity index is 1.48. The van der Waals surface area contributed by atoms with Crippen LogP contribution in [0, 0.1) is 22.7 Å².